The van der Waals surface area contributed by atoms with Crippen LogP contribution in [0.15, 0.2) is 54.6 Å². The average Bonchev–Trinajstić information content (AvgIpc) is 3.37. The van der Waals surface area contributed by atoms with Gasteiger partial charge in [-0.25, -0.2) is 0 Å². The molecule has 1 fully saturated rings. The third-order valence-electron chi connectivity index (χ3n) is 3.38. The second-order valence-corrected chi connectivity index (χ2v) is 5.38. The highest BCUT2D eigenvalue weighted by atomic mass is 16.5. The number of amides is 1. The number of carbonyl (C=O) groups is 1. The van der Waals surface area contributed by atoms with Crippen LogP contribution in [0.2, 0.25) is 0 Å². The van der Waals surface area contributed by atoms with Crippen LogP contribution in [0, 0.1) is 0 Å². The van der Waals surface area contributed by atoms with Gasteiger partial charge in [0.2, 0.25) is 0 Å². The van der Waals surface area contributed by atoms with Gasteiger partial charge in [-0.2, -0.15) is 0 Å². The largest absolute Gasteiger partial charge is 0.489 e. The first kappa shape index (κ1) is 14.4. The van der Waals surface area contributed by atoms with E-state index in [2.05, 4.69) is 5.32 Å². The maximum absolute atomic E-state index is 11.5. The second-order valence-electron chi connectivity index (χ2n) is 5.38. The molecule has 1 aliphatic rings. The van der Waals surface area contributed by atoms with E-state index in [0.29, 0.717) is 18.4 Å². The molecule has 0 aliphatic heterocycles. The Bertz CT molecular complexity index is 606. The standard InChI is InChI=1S/C18H19NO3/c20-18(19-15-6-7-15)13-22-17-10-8-16(9-11-17)21-12-14-4-2-1-3-5-14/h1-5,8-11,15H,6-7,12-13H2,(H,19,20). The number of benzene rings is 2. The molecule has 0 radical (unpaired) electrons. The third kappa shape index (κ3) is 4.52. The molecule has 0 heterocycles. The molecule has 0 unspecified atom stereocenters. The predicted octanol–water partition coefficient (Wildman–Crippen LogP) is 2.92. The Labute approximate surface area is 130 Å². The molecule has 1 N–H and O–H groups in total. The van der Waals surface area contributed by atoms with E-state index in [-0.39, 0.29) is 12.5 Å². The topological polar surface area (TPSA) is 47.6 Å². The maximum atomic E-state index is 11.5. The van der Waals surface area contributed by atoms with Gasteiger partial charge >= 0.3 is 0 Å². The van der Waals surface area contributed by atoms with Crippen LogP contribution in [0.3, 0.4) is 0 Å². The Morgan fingerprint density at radius 1 is 0.955 bits per heavy atom. The molecule has 0 spiro atoms. The molecule has 4 heteroatoms. The fraction of sp³-hybridized carbons (Fsp3) is 0.278. The van der Waals surface area contributed by atoms with Gasteiger partial charge in [0, 0.05) is 6.04 Å². The molecule has 0 saturated heterocycles. The van der Waals surface area contributed by atoms with Gasteiger partial charge in [-0.1, -0.05) is 30.3 Å². The molecule has 0 aromatic heterocycles. The van der Waals surface area contributed by atoms with Gasteiger partial charge in [0.05, 0.1) is 0 Å². The van der Waals surface area contributed by atoms with E-state index in [1.165, 1.54) is 0 Å². The molecular formula is C18H19NO3. The summed E-state index contributed by atoms with van der Waals surface area (Å²) in [4.78, 5) is 11.5. The summed E-state index contributed by atoms with van der Waals surface area (Å²) < 4.78 is 11.1. The van der Waals surface area contributed by atoms with Crippen molar-refractivity contribution in [3.05, 3.63) is 60.2 Å². The van der Waals surface area contributed by atoms with Crippen LogP contribution in [0.5, 0.6) is 11.5 Å². The molecule has 1 saturated carbocycles. The molecular weight excluding hydrogens is 278 g/mol. The summed E-state index contributed by atoms with van der Waals surface area (Å²) in [7, 11) is 0. The zero-order chi connectivity index (χ0) is 15.2. The molecule has 3 rings (SSSR count). The summed E-state index contributed by atoms with van der Waals surface area (Å²) in [5.74, 6) is 1.38. The molecule has 114 valence electrons. The Kier molecular flexibility index (Phi) is 4.59. The summed E-state index contributed by atoms with van der Waals surface area (Å²) in [6.07, 6.45) is 2.17. The summed E-state index contributed by atoms with van der Waals surface area (Å²) in [6, 6.07) is 17.7. The Hall–Kier alpha value is -2.49. The predicted molar refractivity (Wildman–Crippen MR) is 83.9 cm³/mol. The number of carbonyl (C=O) groups excluding carboxylic acids is 1. The van der Waals surface area contributed by atoms with Gasteiger partial charge < -0.3 is 14.8 Å². The van der Waals surface area contributed by atoms with Crippen LogP contribution in [-0.2, 0) is 11.4 Å². The van der Waals surface area contributed by atoms with Gasteiger partial charge in [0.1, 0.15) is 18.1 Å². The highest BCUT2D eigenvalue weighted by Crippen LogP contribution is 2.20. The van der Waals surface area contributed by atoms with Crippen LogP contribution in [0.4, 0.5) is 0 Å². The fourth-order valence-electron chi connectivity index (χ4n) is 2.02. The first-order valence-corrected chi connectivity index (χ1v) is 7.48. The van der Waals surface area contributed by atoms with Crippen molar-refractivity contribution in [2.75, 3.05) is 6.61 Å². The van der Waals surface area contributed by atoms with Crippen molar-refractivity contribution >= 4 is 5.91 Å². The lowest BCUT2D eigenvalue weighted by Crippen LogP contribution is -2.30. The summed E-state index contributed by atoms with van der Waals surface area (Å²) in [5, 5.41) is 2.89. The first-order chi connectivity index (χ1) is 10.8. The highest BCUT2D eigenvalue weighted by molar-refractivity contribution is 5.78. The van der Waals surface area contributed by atoms with Crippen LogP contribution in [0.25, 0.3) is 0 Å². The Morgan fingerprint density at radius 3 is 2.23 bits per heavy atom. The molecule has 0 atom stereocenters. The van der Waals surface area contributed by atoms with Crippen molar-refractivity contribution in [2.45, 2.75) is 25.5 Å². The number of nitrogens with one attached hydrogen (secondary N) is 1. The van der Waals surface area contributed by atoms with Crippen molar-refractivity contribution in [3.63, 3.8) is 0 Å². The summed E-state index contributed by atoms with van der Waals surface area (Å²) in [5.41, 5.74) is 1.12. The number of ether oxygens (including phenoxy) is 2. The van der Waals surface area contributed by atoms with Gasteiger partial charge in [-0.05, 0) is 42.7 Å². The molecule has 1 amide bonds. The molecule has 22 heavy (non-hydrogen) atoms. The second kappa shape index (κ2) is 6.98. The van der Waals surface area contributed by atoms with E-state index in [0.717, 1.165) is 24.2 Å². The average molecular weight is 297 g/mol. The minimum absolute atomic E-state index is 0.0563. The maximum Gasteiger partial charge on any atom is 0.258 e. The summed E-state index contributed by atoms with van der Waals surface area (Å²) in [6.45, 7) is 0.589. The van der Waals surface area contributed by atoms with Crippen LogP contribution in [-0.4, -0.2) is 18.6 Å². The lowest BCUT2D eigenvalue weighted by molar-refractivity contribution is -0.123. The van der Waals surface area contributed by atoms with E-state index in [1.807, 2.05) is 54.6 Å². The van der Waals surface area contributed by atoms with E-state index in [1.54, 1.807) is 0 Å². The van der Waals surface area contributed by atoms with Crippen molar-refractivity contribution in [2.24, 2.45) is 0 Å². The van der Waals surface area contributed by atoms with Gasteiger partial charge in [0.15, 0.2) is 6.61 Å². The molecule has 4 nitrogen and oxygen atoms in total. The van der Waals surface area contributed by atoms with E-state index in [9.17, 15) is 4.79 Å². The van der Waals surface area contributed by atoms with Crippen LogP contribution < -0.4 is 14.8 Å². The monoisotopic (exact) mass is 297 g/mol. The molecule has 1 aliphatic carbocycles. The number of hydrogen-bond acceptors (Lipinski definition) is 3. The first-order valence-electron chi connectivity index (χ1n) is 7.48. The van der Waals surface area contributed by atoms with Gasteiger partial charge in [-0.15, -0.1) is 0 Å². The van der Waals surface area contributed by atoms with Crippen molar-refractivity contribution in [1.29, 1.82) is 0 Å². The molecule has 0 bridgehead atoms. The zero-order valence-corrected chi connectivity index (χ0v) is 12.3. The van der Waals surface area contributed by atoms with Crippen molar-refractivity contribution < 1.29 is 14.3 Å². The number of hydrogen-bond donors (Lipinski definition) is 1. The fourth-order valence-corrected chi connectivity index (χ4v) is 2.02. The lowest BCUT2D eigenvalue weighted by atomic mass is 10.2. The van der Waals surface area contributed by atoms with Crippen LogP contribution >= 0.6 is 0 Å². The lowest BCUT2D eigenvalue weighted by Gasteiger charge is -2.09. The van der Waals surface area contributed by atoms with Crippen molar-refractivity contribution in [3.8, 4) is 11.5 Å². The minimum Gasteiger partial charge on any atom is -0.489 e. The minimum atomic E-state index is -0.0631. The van der Waals surface area contributed by atoms with E-state index >= 15 is 0 Å². The van der Waals surface area contributed by atoms with E-state index in [4.69, 9.17) is 9.47 Å². The molecule has 2 aromatic rings. The summed E-state index contributed by atoms with van der Waals surface area (Å²) >= 11 is 0. The Morgan fingerprint density at radius 2 is 1.59 bits per heavy atom. The van der Waals surface area contributed by atoms with Gasteiger partial charge in [-0.3, -0.25) is 4.79 Å². The number of rotatable bonds is 7. The Balaban J connectivity index is 1.44. The normalized spacial score (nSPS) is 13.5. The van der Waals surface area contributed by atoms with Crippen LogP contribution in [0.1, 0.15) is 18.4 Å². The zero-order valence-electron chi connectivity index (χ0n) is 12.3. The smallest absolute Gasteiger partial charge is 0.258 e. The highest BCUT2D eigenvalue weighted by Gasteiger charge is 2.23. The van der Waals surface area contributed by atoms with E-state index < -0.39 is 0 Å². The molecule has 2 aromatic carbocycles. The van der Waals surface area contributed by atoms with Crippen molar-refractivity contribution in [1.82, 2.24) is 5.32 Å². The SMILES string of the molecule is O=C(COc1ccc(OCc2ccccc2)cc1)NC1CC1. The third-order valence-corrected chi connectivity index (χ3v) is 3.38. The quantitative estimate of drug-likeness (QED) is 0.855. The van der Waals surface area contributed by atoms with Gasteiger partial charge in [0.25, 0.3) is 5.91 Å².